The molecule has 5 heteroatoms. The molecule has 0 amide bonds. The number of carbonyl (C=O) groups is 1. The fourth-order valence-electron chi connectivity index (χ4n) is 2.75. The number of fused-ring (bicyclic) bond motifs is 2. The van der Waals surface area contributed by atoms with Gasteiger partial charge in [0, 0.05) is 22.2 Å². The minimum absolute atomic E-state index is 0.0114. The van der Waals surface area contributed by atoms with Crippen LogP contribution in [0.5, 0.6) is 5.19 Å². The van der Waals surface area contributed by atoms with Crippen molar-refractivity contribution in [2.75, 3.05) is 6.61 Å². The number of Topliss-reactive ketones (excluding diaryl/α,β-unsaturated/α-hetero) is 1. The SMILES string of the molecule is Cc1[nH]c2ccccc2c1C(=O)COc1nc2ccccc2s1. The minimum atomic E-state index is -0.0424. The van der Waals surface area contributed by atoms with Crippen molar-refractivity contribution in [2.45, 2.75) is 6.92 Å². The molecule has 0 spiro atoms. The second kappa shape index (κ2) is 5.52. The number of aryl methyl sites for hydroxylation is 1. The van der Waals surface area contributed by atoms with Crippen LogP contribution in [0.3, 0.4) is 0 Å². The number of benzene rings is 2. The zero-order valence-electron chi connectivity index (χ0n) is 12.5. The van der Waals surface area contributed by atoms with Gasteiger partial charge in [-0.15, -0.1) is 0 Å². The summed E-state index contributed by atoms with van der Waals surface area (Å²) in [6.07, 6.45) is 0. The number of rotatable bonds is 4. The zero-order chi connectivity index (χ0) is 15.8. The lowest BCUT2D eigenvalue weighted by atomic mass is 10.1. The summed E-state index contributed by atoms with van der Waals surface area (Å²) in [6.45, 7) is 1.90. The van der Waals surface area contributed by atoms with Crippen LogP contribution in [0.4, 0.5) is 0 Å². The summed E-state index contributed by atoms with van der Waals surface area (Å²) in [7, 11) is 0. The fourth-order valence-corrected chi connectivity index (χ4v) is 3.56. The van der Waals surface area contributed by atoms with Gasteiger partial charge in [0.05, 0.1) is 10.2 Å². The number of hydrogen-bond acceptors (Lipinski definition) is 4. The summed E-state index contributed by atoms with van der Waals surface area (Å²) in [4.78, 5) is 20.2. The van der Waals surface area contributed by atoms with Crippen LogP contribution in [-0.2, 0) is 0 Å². The van der Waals surface area contributed by atoms with Crippen molar-refractivity contribution in [3.8, 4) is 5.19 Å². The van der Waals surface area contributed by atoms with Crippen LogP contribution in [-0.4, -0.2) is 22.4 Å². The van der Waals surface area contributed by atoms with Gasteiger partial charge in [-0.2, -0.15) is 0 Å². The van der Waals surface area contributed by atoms with Crippen molar-refractivity contribution in [1.82, 2.24) is 9.97 Å². The number of ether oxygens (including phenoxy) is 1. The van der Waals surface area contributed by atoms with Crippen molar-refractivity contribution in [2.24, 2.45) is 0 Å². The molecule has 0 bridgehead atoms. The van der Waals surface area contributed by atoms with E-state index in [9.17, 15) is 4.79 Å². The number of hydrogen-bond donors (Lipinski definition) is 1. The van der Waals surface area contributed by atoms with E-state index in [1.54, 1.807) is 0 Å². The smallest absolute Gasteiger partial charge is 0.274 e. The Labute approximate surface area is 136 Å². The highest BCUT2D eigenvalue weighted by molar-refractivity contribution is 7.20. The molecule has 4 rings (SSSR count). The van der Waals surface area contributed by atoms with Crippen molar-refractivity contribution in [3.05, 3.63) is 59.8 Å². The molecule has 0 fully saturated rings. The average Bonchev–Trinajstić information content (AvgIpc) is 3.12. The van der Waals surface area contributed by atoms with Gasteiger partial charge in [-0.3, -0.25) is 4.79 Å². The van der Waals surface area contributed by atoms with E-state index in [-0.39, 0.29) is 12.4 Å². The quantitative estimate of drug-likeness (QED) is 0.568. The lowest BCUT2D eigenvalue weighted by Crippen LogP contribution is -2.12. The lowest BCUT2D eigenvalue weighted by Gasteiger charge is -2.02. The molecule has 0 atom stereocenters. The predicted molar refractivity (Wildman–Crippen MR) is 92.5 cm³/mol. The number of ketones is 1. The van der Waals surface area contributed by atoms with E-state index in [1.807, 2.05) is 55.5 Å². The second-order valence-corrected chi connectivity index (χ2v) is 6.32. The number of aromatic amines is 1. The van der Waals surface area contributed by atoms with Gasteiger partial charge in [-0.05, 0) is 25.1 Å². The van der Waals surface area contributed by atoms with Crippen molar-refractivity contribution < 1.29 is 9.53 Å². The third-order valence-corrected chi connectivity index (χ3v) is 4.72. The van der Waals surface area contributed by atoms with Crippen molar-refractivity contribution >= 4 is 38.2 Å². The maximum absolute atomic E-state index is 12.6. The van der Waals surface area contributed by atoms with Gasteiger partial charge < -0.3 is 9.72 Å². The Morgan fingerprint density at radius 2 is 1.96 bits per heavy atom. The average molecular weight is 322 g/mol. The molecule has 0 saturated carbocycles. The molecule has 0 aliphatic carbocycles. The molecule has 0 aliphatic heterocycles. The van der Waals surface area contributed by atoms with E-state index in [1.165, 1.54) is 11.3 Å². The van der Waals surface area contributed by atoms with E-state index in [4.69, 9.17) is 4.74 Å². The van der Waals surface area contributed by atoms with E-state index in [0.29, 0.717) is 10.8 Å². The Kier molecular flexibility index (Phi) is 3.35. The van der Waals surface area contributed by atoms with Gasteiger partial charge in [0.2, 0.25) is 5.78 Å². The van der Waals surface area contributed by atoms with E-state index < -0.39 is 0 Å². The summed E-state index contributed by atoms with van der Waals surface area (Å²) < 4.78 is 6.68. The summed E-state index contributed by atoms with van der Waals surface area (Å²) in [5.41, 5.74) is 3.42. The molecule has 0 saturated heterocycles. The minimum Gasteiger partial charge on any atom is -0.462 e. The second-order valence-electron chi connectivity index (χ2n) is 5.33. The molecule has 1 N–H and O–H groups in total. The van der Waals surface area contributed by atoms with Gasteiger partial charge in [-0.1, -0.05) is 41.7 Å². The van der Waals surface area contributed by atoms with Crippen LogP contribution < -0.4 is 4.74 Å². The number of H-pyrrole nitrogens is 1. The van der Waals surface area contributed by atoms with Crippen LogP contribution >= 0.6 is 11.3 Å². The third kappa shape index (κ3) is 2.49. The largest absolute Gasteiger partial charge is 0.462 e. The molecule has 2 aromatic carbocycles. The molecule has 114 valence electrons. The lowest BCUT2D eigenvalue weighted by molar-refractivity contribution is 0.0922. The van der Waals surface area contributed by atoms with Gasteiger partial charge >= 0.3 is 0 Å². The molecule has 2 aromatic heterocycles. The monoisotopic (exact) mass is 322 g/mol. The first-order valence-electron chi connectivity index (χ1n) is 7.31. The Bertz CT molecular complexity index is 983. The number of carbonyl (C=O) groups excluding carboxylic acids is 1. The number of aromatic nitrogens is 2. The van der Waals surface area contributed by atoms with E-state index in [0.717, 1.165) is 26.8 Å². The molecule has 0 radical (unpaired) electrons. The molecule has 0 unspecified atom stereocenters. The van der Waals surface area contributed by atoms with Crippen LogP contribution in [0, 0.1) is 6.92 Å². The standard InChI is InChI=1S/C18H14N2O2S/c1-11-17(12-6-2-3-7-13(12)19-11)15(21)10-22-18-20-14-8-4-5-9-16(14)23-18/h2-9,19H,10H2,1H3. The molecule has 2 heterocycles. The Morgan fingerprint density at radius 1 is 1.17 bits per heavy atom. The number of nitrogens with one attached hydrogen (secondary N) is 1. The third-order valence-electron chi connectivity index (χ3n) is 3.77. The van der Waals surface area contributed by atoms with Crippen LogP contribution in [0.1, 0.15) is 16.1 Å². The van der Waals surface area contributed by atoms with Gasteiger partial charge in [0.15, 0.2) is 6.61 Å². The summed E-state index contributed by atoms with van der Waals surface area (Å²) in [6, 6.07) is 15.6. The van der Waals surface area contributed by atoms with Crippen molar-refractivity contribution in [1.29, 1.82) is 0 Å². The number of thiazole rings is 1. The highest BCUT2D eigenvalue weighted by Gasteiger charge is 2.17. The zero-order valence-corrected chi connectivity index (χ0v) is 13.3. The highest BCUT2D eigenvalue weighted by atomic mass is 32.1. The highest BCUT2D eigenvalue weighted by Crippen LogP contribution is 2.28. The van der Waals surface area contributed by atoms with E-state index >= 15 is 0 Å². The predicted octanol–water partition coefficient (Wildman–Crippen LogP) is 4.35. The van der Waals surface area contributed by atoms with Crippen LogP contribution in [0.15, 0.2) is 48.5 Å². The van der Waals surface area contributed by atoms with Gasteiger partial charge in [0.25, 0.3) is 5.19 Å². The fraction of sp³-hybridized carbons (Fsp3) is 0.111. The molecular formula is C18H14N2O2S. The molecule has 4 nitrogen and oxygen atoms in total. The first-order chi connectivity index (χ1) is 11.2. The first-order valence-corrected chi connectivity index (χ1v) is 8.13. The van der Waals surface area contributed by atoms with Gasteiger partial charge in [0.1, 0.15) is 0 Å². The number of nitrogens with zero attached hydrogens (tertiary/aromatic N) is 1. The normalized spacial score (nSPS) is 11.2. The Morgan fingerprint density at radius 3 is 2.83 bits per heavy atom. The Hall–Kier alpha value is -2.66. The topological polar surface area (TPSA) is 55.0 Å². The van der Waals surface area contributed by atoms with Crippen LogP contribution in [0.25, 0.3) is 21.1 Å². The number of para-hydroxylation sites is 2. The molecule has 23 heavy (non-hydrogen) atoms. The van der Waals surface area contributed by atoms with E-state index in [2.05, 4.69) is 9.97 Å². The van der Waals surface area contributed by atoms with Crippen LogP contribution in [0.2, 0.25) is 0 Å². The Balaban J connectivity index is 1.58. The van der Waals surface area contributed by atoms with Crippen molar-refractivity contribution in [3.63, 3.8) is 0 Å². The first kappa shape index (κ1) is 14.0. The summed E-state index contributed by atoms with van der Waals surface area (Å²) >= 11 is 1.45. The van der Waals surface area contributed by atoms with Gasteiger partial charge in [-0.25, -0.2) is 4.98 Å². The maximum atomic E-state index is 12.6. The molecule has 0 aliphatic rings. The molecular weight excluding hydrogens is 308 g/mol. The molecule has 4 aromatic rings. The summed E-state index contributed by atoms with van der Waals surface area (Å²) in [5.74, 6) is -0.0424. The maximum Gasteiger partial charge on any atom is 0.274 e. The summed E-state index contributed by atoms with van der Waals surface area (Å²) in [5, 5.41) is 1.46.